The SMILES string of the molecule is CC(C)C(CC=O)NC(=O)Nc1ccc(C(C)(C)C)cc1. The van der Waals surface area contributed by atoms with Gasteiger partial charge in [-0.05, 0) is 29.0 Å². The molecule has 0 aliphatic carbocycles. The van der Waals surface area contributed by atoms with E-state index in [9.17, 15) is 9.59 Å². The molecule has 1 aromatic rings. The Bertz CT molecular complexity index is 473. The highest BCUT2D eigenvalue weighted by Crippen LogP contribution is 2.23. The molecule has 2 amide bonds. The summed E-state index contributed by atoms with van der Waals surface area (Å²) in [6.07, 6.45) is 1.16. The van der Waals surface area contributed by atoms with E-state index in [1.54, 1.807) is 0 Å². The van der Waals surface area contributed by atoms with Crippen LogP contribution in [0.2, 0.25) is 0 Å². The predicted molar refractivity (Wildman–Crippen MR) is 86.6 cm³/mol. The average Bonchev–Trinajstić information content (AvgIpc) is 2.37. The highest BCUT2D eigenvalue weighted by atomic mass is 16.2. The van der Waals surface area contributed by atoms with E-state index < -0.39 is 0 Å². The molecular formula is C17H26N2O2. The summed E-state index contributed by atoms with van der Waals surface area (Å²) < 4.78 is 0. The molecule has 2 N–H and O–H groups in total. The van der Waals surface area contributed by atoms with Crippen molar-refractivity contribution in [1.82, 2.24) is 5.32 Å². The normalized spacial score (nSPS) is 12.9. The third kappa shape index (κ3) is 5.58. The van der Waals surface area contributed by atoms with Crippen molar-refractivity contribution in [1.29, 1.82) is 0 Å². The lowest BCUT2D eigenvalue weighted by atomic mass is 9.87. The molecule has 0 aliphatic heterocycles. The minimum absolute atomic E-state index is 0.0908. The number of carbonyl (C=O) groups is 2. The molecule has 0 fully saturated rings. The lowest BCUT2D eigenvalue weighted by molar-refractivity contribution is -0.108. The maximum Gasteiger partial charge on any atom is 0.319 e. The predicted octanol–water partition coefficient (Wildman–Crippen LogP) is 3.72. The van der Waals surface area contributed by atoms with Gasteiger partial charge in [0.25, 0.3) is 0 Å². The van der Waals surface area contributed by atoms with Crippen LogP contribution in [0.4, 0.5) is 10.5 Å². The van der Waals surface area contributed by atoms with Crippen LogP contribution in [-0.2, 0) is 10.2 Å². The molecule has 1 aromatic carbocycles. The van der Waals surface area contributed by atoms with Gasteiger partial charge in [-0.25, -0.2) is 4.79 Å². The second-order valence-electron chi connectivity index (χ2n) is 6.68. The van der Waals surface area contributed by atoms with Gasteiger partial charge in [0.1, 0.15) is 6.29 Å². The monoisotopic (exact) mass is 290 g/mol. The van der Waals surface area contributed by atoms with Gasteiger partial charge in [0.05, 0.1) is 0 Å². The fourth-order valence-corrected chi connectivity index (χ4v) is 1.99. The Kier molecular flexibility index (Phi) is 5.94. The maximum absolute atomic E-state index is 11.9. The summed E-state index contributed by atoms with van der Waals surface area (Å²) in [4.78, 5) is 22.6. The van der Waals surface area contributed by atoms with Crippen LogP contribution in [0.5, 0.6) is 0 Å². The summed E-state index contributed by atoms with van der Waals surface area (Å²) in [5, 5.41) is 5.63. The highest BCUT2D eigenvalue weighted by molar-refractivity contribution is 5.89. The van der Waals surface area contributed by atoms with Crippen LogP contribution in [-0.4, -0.2) is 18.4 Å². The van der Waals surface area contributed by atoms with Crippen molar-refractivity contribution in [3.63, 3.8) is 0 Å². The summed E-state index contributed by atoms with van der Waals surface area (Å²) in [7, 11) is 0. The molecule has 21 heavy (non-hydrogen) atoms. The van der Waals surface area contributed by atoms with E-state index in [4.69, 9.17) is 0 Å². The Labute approximate surface area is 127 Å². The Balaban J connectivity index is 2.64. The van der Waals surface area contributed by atoms with Crippen molar-refractivity contribution < 1.29 is 9.59 Å². The number of rotatable bonds is 5. The molecule has 116 valence electrons. The smallest absolute Gasteiger partial charge is 0.319 e. The zero-order chi connectivity index (χ0) is 16.0. The van der Waals surface area contributed by atoms with E-state index in [1.165, 1.54) is 5.56 Å². The summed E-state index contributed by atoms with van der Waals surface area (Å²) in [5.41, 5.74) is 2.05. The first-order valence-electron chi connectivity index (χ1n) is 7.35. The van der Waals surface area contributed by atoms with Gasteiger partial charge in [-0.15, -0.1) is 0 Å². The zero-order valence-electron chi connectivity index (χ0n) is 13.6. The van der Waals surface area contributed by atoms with Gasteiger partial charge < -0.3 is 15.4 Å². The molecule has 0 aliphatic rings. The van der Waals surface area contributed by atoms with Gasteiger partial charge in [0.2, 0.25) is 0 Å². The Morgan fingerprint density at radius 1 is 1.19 bits per heavy atom. The average molecular weight is 290 g/mol. The number of anilines is 1. The Hall–Kier alpha value is -1.84. The highest BCUT2D eigenvalue weighted by Gasteiger charge is 2.16. The van der Waals surface area contributed by atoms with Crippen molar-refractivity contribution in [2.24, 2.45) is 5.92 Å². The van der Waals surface area contributed by atoms with Crippen LogP contribution in [0.3, 0.4) is 0 Å². The van der Waals surface area contributed by atoms with Crippen molar-refractivity contribution in [3.8, 4) is 0 Å². The van der Waals surface area contributed by atoms with Crippen LogP contribution in [0.1, 0.15) is 46.6 Å². The minimum Gasteiger partial charge on any atom is -0.334 e. The first kappa shape index (κ1) is 17.2. The molecule has 0 spiro atoms. The molecule has 0 heterocycles. The molecule has 1 rings (SSSR count). The lowest BCUT2D eigenvalue weighted by Gasteiger charge is -2.21. The molecule has 0 bridgehead atoms. The van der Waals surface area contributed by atoms with Crippen molar-refractivity contribution in [2.45, 2.75) is 52.5 Å². The first-order valence-corrected chi connectivity index (χ1v) is 7.35. The van der Waals surface area contributed by atoms with Crippen LogP contribution in [0.25, 0.3) is 0 Å². The third-order valence-electron chi connectivity index (χ3n) is 3.48. The number of urea groups is 1. The number of aldehydes is 1. The van der Waals surface area contributed by atoms with Gasteiger partial charge >= 0.3 is 6.03 Å². The number of hydrogen-bond acceptors (Lipinski definition) is 2. The zero-order valence-corrected chi connectivity index (χ0v) is 13.6. The second-order valence-corrected chi connectivity index (χ2v) is 6.68. The minimum atomic E-state index is -0.279. The van der Waals surface area contributed by atoms with Gasteiger partial charge in [0.15, 0.2) is 0 Å². The number of nitrogens with one attached hydrogen (secondary N) is 2. The van der Waals surface area contributed by atoms with Gasteiger partial charge in [0, 0.05) is 18.2 Å². The number of carbonyl (C=O) groups excluding carboxylic acids is 2. The van der Waals surface area contributed by atoms with Gasteiger partial charge in [-0.2, -0.15) is 0 Å². The summed E-state index contributed by atoms with van der Waals surface area (Å²) in [6.45, 7) is 10.4. The van der Waals surface area contributed by atoms with Crippen LogP contribution in [0.15, 0.2) is 24.3 Å². The largest absolute Gasteiger partial charge is 0.334 e. The molecule has 0 saturated heterocycles. The van der Waals surface area contributed by atoms with E-state index in [1.807, 2.05) is 38.1 Å². The van der Waals surface area contributed by atoms with Crippen LogP contribution >= 0.6 is 0 Å². The number of hydrogen-bond donors (Lipinski definition) is 2. The first-order chi connectivity index (χ1) is 9.74. The van der Waals surface area contributed by atoms with E-state index in [0.29, 0.717) is 6.42 Å². The summed E-state index contributed by atoms with van der Waals surface area (Å²) in [5.74, 6) is 0.212. The summed E-state index contributed by atoms with van der Waals surface area (Å²) in [6, 6.07) is 7.40. The molecule has 0 saturated carbocycles. The quantitative estimate of drug-likeness (QED) is 0.812. The number of amides is 2. The van der Waals surface area contributed by atoms with Gasteiger partial charge in [-0.3, -0.25) is 0 Å². The lowest BCUT2D eigenvalue weighted by Crippen LogP contribution is -2.41. The molecule has 4 heteroatoms. The maximum atomic E-state index is 11.9. The second kappa shape index (κ2) is 7.25. The molecule has 0 radical (unpaired) electrons. The van der Waals surface area contributed by atoms with E-state index in [-0.39, 0.29) is 23.4 Å². The number of benzene rings is 1. The molecule has 0 aromatic heterocycles. The topological polar surface area (TPSA) is 58.2 Å². The van der Waals surface area contributed by atoms with Crippen LogP contribution < -0.4 is 10.6 Å². The summed E-state index contributed by atoms with van der Waals surface area (Å²) >= 11 is 0. The molecular weight excluding hydrogens is 264 g/mol. The van der Waals surface area contributed by atoms with Gasteiger partial charge in [-0.1, -0.05) is 46.8 Å². The van der Waals surface area contributed by atoms with Crippen molar-refractivity contribution >= 4 is 18.0 Å². The van der Waals surface area contributed by atoms with E-state index in [0.717, 1.165) is 12.0 Å². The fourth-order valence-electron chi connectivity index (χ4n) is 1.99. The fraction of sp³-hybridized carbons (Fsp3) is 0.529. The third-order valence-corrected chi connectivity index (χ3v) is 3.48. The van der Waals surface area contributed by atoms with E-state index in [2.05, 4.69) is 31.4 Å². The Morgan fingerprint density at radius 3 is 2.19 bits per heavy atom. The molecule has 4 nitrogen and oxygen atoms in total. The standard InChI is InChI=1S/C17H26N2O2/c1-12(2)15(10-11-20)19-16(21)18-14-8-6-13(7-9-14)17(3,4)5/h6-9,11-12,15H,10H2,1-5H3,(H2,18,19,21). The molecule has 1 unspecified atom stereocenters. The van der Waals surface area contributed by atoms with E-state index >= 15 is 0 Å². The van der Waals surface area contributed by atoms with Crippen LogP contribution in [0, 0.1) is 5.92 Å². The molecule has 1 atom stereocenters. The van der Waals surface area contributed by atoms with Crippen molar-refractivity contribution in [2.75, 3.05) is 5.32 Å². The Morgan fingerprint density at radius 2 is 1.76 bits per heavy atom. The van der Waals surface area contributed by atoms with Crippen molar-refractivity contribution in [3.05, 3.63) is 29.8 Å².